The lowest BCUT2D eigenvalue weighted by molar-refractivity contribution is -0.131. The first kappa shape index (κ1) is 14.8. The van der Waals surface area contributed by atoms with Crippen LogP contribution in [0.4, 0.5) is 0 Å². The molecule has 1 atom stereocenters. The highest BCUT2D eigenvalue weighted by molar-refractivity contribution is 5.79. The molecule has 2 aliphatic heterocycles. The zero-order valence-corrected chi connectivity index (χ0v) is 13.4. The summed E-state index contributed by atoms with van der Waals surface area (Å²) in [4.78, 5) is 14.5. The first-order chi connectivity index (χ1) is 11.3. The molecule has 0 bridgehead atoms. The van der Waals surface area contributed by atoms with Crippen molar-refractivity contribution in [1.29, 1.82) is 0 Å². The molecule has 2 fully saturated rings. The van der Waals surface area contributed by atoms with Gasteiger partial charge in [0.15, 0.2) is 11.5 Å². The highest BCUT2D eigenvalue weighted by Gasteiger charge is 2.31. The van der Waals surface area contributed by atoms with Crippen molar-refractivity contribution in [2.24, 2.45) is 5.92 Å². The fourth-order valence-electron chi connectivity index (χ4n) is 3.49. The molecule has 23 heavy (non-hydrogen) atoms. The number of fused-ring (bicyclic) bond motifs is 1. The van der Waals surface area contributed by atoms with Gasteiger partial charge in [0.1, 0.15) is 13.2 Å². The van der Waals surface area contributed by atoms with Crippen LogP contribution in [0.25, 0.3) is 0 Å². The van der Waals surface area contributed by atoms with Crippen LogP contribution in [0, 0.1) is 5.92 Å². The molecule has 5 nitrogen and oxygen atoms in total. The number of amides is 1. The van der Waals surface area contributed by atoms with Crippen LogP contribution in [0.5, 0.6) is 11.5 Å². The lowest BCUT2D eigenvalue weighted by Crippen LogP contribution is -2.38. The Hall–Kier alpha value is -1.75. The first-order valence-electron chi connectivity index (χ1n) is 8.71. The van der Waals surface area contributed by atoms with Crippen molar-refractivity contribution in [1.82, 2.24) is 10.2 Å². The maximum absolute atomic E-state index is 12.5. The average Bonchev–Trinajstić information content (AvgIpc) is 3.27. The van der Waals surface area contributed by atoms with Crippen molar-refractivity contribution in [3.8, 4) is 11.5 Å². The molecule has 1 aromatic carbocycles. The van der Waals surface area contributed by atoms with Crippen molar-refractivity contribution >= 4 is 5.91 Å². The molecule has 0 radical (unpaired) electrons. The second-order valence-corrected chi connectivity index (χ2v) is 6.72. The predicted octanol–water partition coefficient (Wildman–Crippen LogP) is 2.12. The highest BCUT2D eigenvalue weighted by Crippen LogP contribution is 2.38. The Bertz CT molecular complexity index is 586. The standard InChI is InChI=1S/C18H24N2O3/c21-18(12-19-11-13-3-4-13)20-7-1-2-15(20)14-5-6-16-17(10-14)23-9-8-22-16/h5-6,10,13,15,19H,1-4,7-9,11-12H2. The monoisotopic (exact) mass is 316 g/mol. The fourth-order valence-corrected chi connectivity index (χ4v) is 3.49. The topological polar surface area (TPSA) is 50.8 Å². The summed E-state index contributed by atoms with van der Waals surface area (Å²) < 4.78 is 11.3. The Balaban J connectivity index is 1.43. The molecule has 5 heteroatoms. The van der Waals surface area contributed by atoms with Crippen molar-refractivity contribution in [3.05, 3.63) is 23.8 Å². The smallest absolute Gasteiger partial charge is 0.237 e. The summed E-state index contributed by atoms with van der Waals surface area (Å²) in [6.45, 7) is 3.48. The number of ether oxygens (including phenoxy) is 2. The Morgan fingerprint density at radius 2 is 2.00 bits per heavy atom. The minimum atomic E-state index is 0.168. The minimum absolute atomic E-state index is 0.168. The number of nitrogens with one attached hydrogen (secondary N) is 1. The van der Waals surface area contributed by atoms with Crippen LogP contribution >= 0.6 is 0 Å². The molecule has 2 heterocycles. The third-order valence-electron chi connectivity index (χ3n) is 4.93. The molecule has 1 amide bonds. The van der Waals surface area contributed by atoms with Gasteiger partial charge >= 0.3 is 0 Å². The number of carbonyl (C=O) groups excluding carboxylic acids is 1. The van der Waals surface area contributed by atoms with Crippen LogP contribution in [0.2, 0.25) is 0 Å². The van der Waals surface area contributed by atoms with Gasteiger partial charge in [0.25, 0.3) is 0 Å². The average molecular weight is 316 g/mol. The van der Waals surface area contributed by atoms with Crippen molar-refractivity contribution < 1.29 is 14.3 Å². The van der Waals surface area contributed by atoms with E-state index >= 15 is 0 Å². The Labute approximate surface area is 136 Å². The van der Waals surface area contributed by atoms with Gasteiger partial charge < -0.3 is 19.7 Å². The summed E-state index contributed by atoms with van der Waals surface area (Å²) in [7, 11) is 0. The second-order valence-electron chi connectivity index (χ2n) is 6.72. The third-order valence-corrected chi connectivity index (χ3v) is 4.93. The van der Waals surface area contributed by atoms with Crippen molar-refractivity contribution in [2.75, 3.05) is 32.8 Å². The van der Waals surface area contributed by atoms with E-state index in [2.05, 4.69) is 11.4 Å². The Kier molecular flexibility index (Phi) is 4.12. The number of rotatable bonds is 5. The maximum Gasteiger partial charge on any atom is 0.237 e. The van der Waals surface area contributed by atoms with Gasteiger partial charge in [0.2, 0.25) is 5.91 Å². The molecule has 3 aliphatic rings. The van der Waals surface area contributed by atoms with E-state index in [4.69, 9.17) is 9.47 Å². The molecule has 1 aromatic rings. The zero-order chi connectivity index (χ0) is 15.6. The van der Waals surface area contributed by atoms with Crippen molar-refractivity contribution in [3.63, 3.8) is 0 Å². The van der Waals surface area contributed by atoms with E-state index in [0.717, 1.165) is 48.9 Å². The highest BCUT2D eigenvalue weighted by atomic mass is 16.6. The molecule has 1 saturated carbocycles. The van der Waals surface area contributed by atoms with Gasteiger partial charge in [-0.05, 0) is 55.8 Å². The number of likely N-dealkylation sites (tertiary alicyclic amines) is 1. The number of carbonyl (C=O) groups is 1. The van der Waals surface area contributed by atoms with Crippen molar-refractivity contribution in [2.45, 2.75) is 31.7 Å². The quantitative estimate of drug-likeness (QED) is 0.904. The van der Waals surface area contributed by atoms with E-state index < -0.39 is 0 Å². The predicted molar refractivity (Wildman–Crippen MR) is 86.7 cm³/mol. The molecule has 1 N–H and O–H groups in total. The van der Waals surface area contributed by atoms with Gasteiger partial charge in [0, 0.05) is 6.54 Å². The van der Waals surface area contributed by atoms with Crippen LogP contribution in [0.1, 0.15) is 37.3 Å². The first-order valence-corrected chi connectivity index (χ1v) is 8.71. The Morgan fingerprint density at radius 3 is 2.83 bits per heavy atom. The SMILES string of the molecule is O=C(CNCC1CC1)N1CCCC1c1ccc2c(c1)OCCO2. The van der Waals surface area contributed by atoms with Gasteiger partial charge in [-0.1, -0.05) is 6.07 Å². The van der Waals surface area contributed by atoms with Gasteiger partial charge in [-0.3, -0.25) is 4.79 Å². The number of hydrogen-bond acceptors (Lipinski definition) is 4. The third kappa shape index (κ3) is 3.29. The summed E-state index contributed by atoms with van der Waals surface area (Å²) in [6.07, 6.45) is 4.71. The fraction of sp³-hybridized carbons (Fsp3) is 0.611. The molecule has 4 rings (SSSR count). The lowest BCUT2D eigenvalue weighted by atomic mass is 10.0. The molecule has 0 spiro atoms. The Morgan fingerprint density at radius 1 is 1.17 bits per heavy atom. The summed E-state index contributed by atoms with van der Waals surface area (Å²) in [5.74, 6) is 2.62. The molecule has 1 aliphatic carbocycles. The van der Waals surface area contributed by atoms with E-state index in [1.165, 1.54) is 12.8 Å². The minimum Gasteiger partial charge on any atom is -0.486 e. The van der Waals surface area contributed by atoms with E-state index in [0.29, 0.717) is 19.8 Å². The van der Waals surface area contributed by atoms with Gasteiger partial charge in [-0.25, -0.2) is 0 Å². The summed E-state index contributed by atoms with van der Waals surface area (Å²) >= 11 is 0. The maximum atomic E-state index is 12.5. The molecule has 0 aromatic heterocycles. The number of nitrogens with zero attached hydrogens (tertiary/aromatic N) is 1. The largest absolute Gasteiger partial charge is 0.486 e. The molecule has 124 valence electrons. The van der Waals surface area contributed by atoms with E-state index in [1.54, 1.807) is 0 Å². The van der Waals surface area contributed by atoms with Crippen LogP contribution in [0.15, 0.2) is 18.2 Å². The van der Waals surface area contributed by atoms with Crippen LogP contribution < -0.4 is 14.8 Å². The molecule has 1 unspecified atom stereocenters. The van der Waals surface area contributed by atoms with Crippen LogP contribution in [-0.2, 0) is 4.79 Å². The van der Waals surface area contributed by atoms with Crippen LogP contribution in [0.3, 0.4) is 0 Å². The van der Waals surface area contributed by atoms with Gasteiger partial charge in [0.05, 0.1) is 12.6 Å². The molecular weight excluding hydrogens is 292 g/mol. The van der Waals surface area contributed by atoms with Crippen LogP contribution in [-0.4, -0.2) is 43.7 Å². The van der Waals surface area contributed by atoms with E-state index in [-0.39, 0.29) is 11.9 Å². The zero-order valence-electron chi connectivity index (χ0n) is 13.4. The number of benzene rings is 1. The summed E-state index contributed by atoms with van der Waals surface area (Å²) in [5.41, 5.74) is 1.15. The van der Waals surface area contributed by atoms with E-state index in [1.807, 2.05) is 17.0 Å². The summed E-state index contributed by atoms with van der Waals surface area (Å²) in [6, 6.07) is 6.25. The summed E-state index contributed by atoms with van der Waals surface area (Å²) in [5, 5.41) is 3.31. The number of hydrogen-bond donors (Lipinski definition) is 1. The lowest BCUT2D eigenvalue weighted by Gasteiger charge is -2.27. The second kappa shape index (κ2) is 6.40. The molecule has 1 saturated heterocycles. The van der Waals surface area contributed by atoms with Gasteiger partial charge in [-0.2, -0.15) is 0 Å². The van der Waals surface area contributed by atoms with E-state index in [9.17, 15) is 4.79 Å². The normalized spacial score (nSPS) is 23.1. The molecular formula is C18H24N2O3. The van der Waals surface area contributed by atoms with Gasteiger partial charge in [-0.15, -0.1) is 0 Å².